The van der Waals surface area contributed by atoms with Crippen LogP contribution in [0, 0.1) is 0 Å². The largest absolute Gasteiger partial charge is 1.00 e. The van der Waals surface area contributed by atoms with Crippen LogP contribution in [0.3, 0.4) is 0 Å². The molecule has 12 heavy (non-hydrogen) atoms. The molecule has 0 aliphatic rings. The first-order valence-electron chi connectivity index (χ1n) is 1.45. The molecule has 0 aliphatic heterocycles. The van der Waals surface area contributed by atoms with Crippen molar-refractivity contribution in [1.29, 1.82) is 0 Å². The fourth-order valence-electron chi connectivity index (χ4n) is 0. The fraction of sp³-hybridized carbons (Fsp3) is 0. The molecular weight excluding hydrogens is 221 g/mol. The van der Waals surface area contributed by atoms with Crippen molar-refractivity contribution in [3.63, 3.8) is 0 Å². The second-order valence-corrected chi connectivity index (χ2v) is 2.76. The van der Waals surface area contributed by atoms with Crippen LogP contribution in [-0.4, -0.2) is 32.2 Å². The van der Waals surface area contributed by atoms with Crippen molar-refractivity contribution < 1.29 is 85.2 Å². The van der Waals surface area contributed by atoms with Gasteiger partial charge in [-0.15, -0.1) is 0 Å². The third-order valence-corrected chi connectivity index (χ3v) is 0. The summed E-state index contributed by atoms with van der Waals surface area (Å²) in [7, 11) is -9.81. The molecule has 0 radical (unpaired) electrons. The van der Waals surface area contributed by atoms with Crippen molar-refractivity contribution in [2.24, 2.45) is 0 Å². The van der Waals surface area contributed by atoms with Gasteiger partial charge >= 0.3 is 56.2 Å². The van der Waals surface area contributed by atoms with Crippen LogP contribution in [0.25, 0.3) is 0 Å². The summed E-state index contributed by atoms with van der Waals surface area (Å²) in [5.41, 5.74) is 0. The summed E-state index contributed by atoms with van der Waals surface area (Å²) >= 11 is 0. The summed E-state index contributed by atoms with van der Waals surface area (Å²) in [6, 6.07) is 0. The van der Waals surface area contributed by atoms with Gasteiger partial charge in [-0.1, -0.05) is 0 Å². The second kappa shape index (κ2) is 9.14. The molecule has 3 N–H and O–H groups in total. The van der Waals surface area contributed by atoms with E-state index >= 15 is 0 Å². The first-order valence-corrected chi connectivity index (χ1v) is 4.35. The molecule has 64 valence electrons. The van der Waals surface area contributed by atoms with Crippen molar-refractivity contribution in [3.05, 3.63) is 0 Å². The van der Waals surface area contributed by atoms with Gasteiger partial charge in [0.15, 0.2) is 0 Å². The Morgan fingerprint density at radius 1 is 1.08 bits per heavy atom. The molecule has 0 saturated carbocycles. The van der Waals surface area contributed by atoms with Gasteiger partial charge in [0, 0.05) is 10.4 Å². The van der Waals surface area contributed by atoms with E-state index in [4.69, 9.17) is 36.8 Å². The quantitative estimate of drug-likeness (QED) is 0.158. The zero-order valence-corrected chi connectivity index (χ0v) is 9.95. The molecule has 0 rings (SSSR count). The van der Waals surface area contributed by atoms with Crippen LogP contribution >= 0.6 is 7.82 Å². The van der Waals surface area contributed by atoms with E-state index in [-0.39, 0.29) is 48.4 Å². The molecule has 0 heterocycles. The predicted molar refractivity (Wildman–Crippen MR) is 24.7 cm³/mol. The summed E-state index contributed by atoms with van der Waals surface area (Å²) in [6.07, 6.45) is 0. The molecule has 0 fully saturated rings. The maximum absolute atomic E-state index is 8.88. The van der Waals surface area contributed by atoms with Crippen LogP contribution in [0.5, 0.6) is 0 Å². The molecular formula is H3LiNaO8PS. The van der Waals surface area contributed by atoms with Crippen molar-refractivity contribution in [2.75, 3.05) is 0 Å². The number of hydrogen-bond acceptors (Lipinski definition) is 5. The Balaban J connectivity index is -0.0000000457. The Bertz CT molecular complexity index is 197. The molecule has 0 aromatic rings. The van der Waals surface area contributed by atoms with E-state index in [0.29, 0.717) is 0 Å². The second-order valence-electron chi connectivity index (χ2n) is 0.922. The van der Waals surface area contributed by atoms with E-state index in [0.717, 1.165) is 0 Å². The van der Waals surface area contributed by atoms with Gasteiger partial charge in [-0.05, 0) is 0 Å². The number of hydrogen-bond donors (Lipinski definition) is 3. The van der Waals surface area contributed by atoms with E-state index in [9.17, 15) is 0 Å². The minimum absolute atomic E-state index is 0. The van der Waals surface area contributed by atoms with Gasteiger partial charge in [0.05, 0.1) is 0 Å². The Morgan fingerprint density at radius 2 is 1.08 bits per heavy atom. The summed E-state index contributed by atoms with van der Waals surface area (Å²) in [6.45, 7) is 0. The van der Waals surface area contributed by atoms with Gasteiger partial charge < -0.3 is 23.8 Å². The van der Waals surface area contributed by atoms with Crippen molar-refractivity contribution in [2.45, 2.75) is 0 Å². The van der Waals surface area contributed by atoms with E-state index in [1.165, 1.54) is 0 Å². The SMILES string of the molecule is O=P(O)(O)O.O=S(=O)([O-])[O-].[Li+].[Na+]. The molecule has 0 unspecified atom stereocenters. The van der Waals surface area contributed by atoms with Crippen molar-refractivity contribution >= 4 is 18.2 Å². The van der Waals surface area contributed by atoms with E-state index < -0.39 is 18.2 Å². The van der Waals surface area contributed by atoms with E-state index in [2.05, 4.69) is 0 Å². The average Bonchev–Trinajstić information content (AvgIpc) is 1.12. The van der Waals surface area contributed by atoms with Crippen LogP contribution in [0.1, 0.15) is 0 Å². The summed E-state index contributed by atoms with van der Waals surface area (Å²) in [5, 5.41) is 0. The molecule has 0 aromatic carbocycles. The Hall–Kier alpha value is 1.58. The number of rotatable bonds is 0. The van der Waals surface area contributed by atoms with E-state index in [1.807, 2.05) is 0 Å². The van der Waals surface area contributed by atoms with Gasteiger partial charge in [0.2, 0.25) is 0 Å². The van der Waals surface area contributed by atoms with Crippen molar-refractivity contribution in [3.8, 4) is 0 Å². The molecule has 0 spiro atoms. The minimum Gasteiger partial charge on any atom is -0.759 e. The topological polar surface area (TPSA) is 158 Å². The maximum Gasteiger partial charge on any atom is 1.00 e. The first-order chi connectivity index (χ1) is 4.00. The molecule has 0 aromatic heterocycles. The summed E-state index contributed by atoms with van der Waals surface area (Å²) in [4.78, 5) is 21.6. The van der Waals surface area contributed by atoms with Crippen LogP contribution in [0.4, 0.5) is 0 Å². The van der Waals surface area contributed by atoms with Gasteiger partial charge in [-0.25, -0.2) is 4.57 Å². The smallest absolute Gasteiger partial charge is 0.759 e. The van der Waals surface area contributed by atoms with Gasteiger partial charge in [-0.3, -0.25) is 8.42 Å². The van der Waals surface area contributed by atoms with Crippen LogP contribution < -0.4 is 48.4 Å². The Kier molecular flexibility index (Phi) is 17.8. The monoisotopic (exact) mass is 224 g/mol. The van der Waals surface area contributed by atoms with Crippen LogP contribution in [0.15, 0.2) is 0 Å². The van der Waals surface area contributed by atoms with Gasteiger partial charge in [0.25, 0.3) is 0 Å². The standard InChI is InChI=1S/Li.Na.H3O4P.H2O4S/c;;2*1-5(2,3)4/h;;(H3,1,2,3,4);(H2,1,2,3,4)/q2*+1;;/p-2. The first kappa shape index (κ1) is 23.4. The molecule has 0 amide bonds. The maximum atomic E-state index is 8.88. The molecule has 8 nitrogen and oxygen atoms in total. The minimum atomic E-state index is -5.17. The van der Waals surface area contributed by atoms with Crippen LogP contribution in [-0.2, 0) is 15.0 Å². The number of phosphoric acid groups is 1. The average molecular weight is 224 g/mol. The fourth-order valence-corrected chi connectivity index (χ4v) is 0. The zero-order chi connectivity index (χ0) is 9.00. The Morgan fingerprint density at radius 3 is 1.08 bits per heavy atom. The Labute approximate surface area is 103 Å². The van der Waals surface area contributed by atoms with Gasteiger partial charge in [0.1, 0.15) is 0 Å². The predicted octanol–water partition coefficient (Wildman–Crippen LogP) is -8.26. The molecule has 12 heteroatoms. The third-order valence-electron chi connectivity index (χ3n) is 0. The van der Waals surface area contributed by atoms with E-state index in [1.54, 1.807) is 0 Å². The summed E-state index contributed by atoms with van der Waals surface area (Å²) in [5.74, 6) is 0. The molecule has 0 aliphatic carbocycles. The summed E-state index contributed by atoms with van der Waals surface area (Å²) < 4.78 is 43.0. The third kappa shape index (κ3) is 521. The normalized spacial score (nSPS) is 9.75. The van der Waals surface area contributed by atoms with Crippen molar-refractivity contribution in [1.82, 2.24) is 0 Å². The van der Waals surface area contributed by atoms with Gasteiger partial charge in [-0.2, -0.15) is 0 Å². The van der Waals surface area contributed by atoms with Crippen LogP contribution in [0.2, 0.25) is 0 Å². The molecule has 0 atom stereocenters. The zero-order valence-electron chi connectivity index (χ0n) is 6.24. The molecule has 0 saturated heterocycles. The molecule has 0 bridgehead atoms.